The van der Waals surface area contributed by atoms with Crippen LogP contribution in [0, 0.1) is 13.8 Å². The van der Waals surface area contributed by atoms with Gasteiger partial charge in [-0.2, -0.15) is 0 Å². The highest BCUT2D eigenvalue weighted by molar-refractivity contribution is 7.99. The van der Waals surface area contributed by atoms with Gasteiger partial charge < -0.3 is 5.32 Å². The molecule has 1 saturated carbocycles. The van der Waals surface area contributed by atoms with Crippen LogP contribution in [0.5, 0.6) is 0 Å². The van der Waals surface area contributed by atoms with E-state index in [2.05, 4.69) is 46.7 Å². The minimum atomic E-state index is 0.0907. The number of carbonyl (C=O) groups excluding carboxylic acids is 1. The molecule has 1 amide bonds. The van der Waals surface area contributed by atoms with Gasteiger partial charge in [0.1, 0.15) is 5.82 Å². The molecule has 0 bridgehead atoms. The van der Waals surface area contributed by atoms with Gasteiger partial charge in [0.15, 0.2) is 5.16 Å². The summed E-state index contributed by atoms with van der Waals surface area (Å²) < 4.78 is 2.00. The van der Waals surface area contributed by atoms with Gasteiger partial charge in [-0.05, 0) is 38.8 Å². The summed E-state index contributed by atoms with van der Waals surface area (Å²) in [5.74, 6) is 1.30. The Hall–Kier alpha value is -1.82. The Bertz CT molecular complexity index is 703. The number of carbonyl (C=O) groups is 1. The smallest absolute Gasteiger partial charge is 0.230 e. The van der Waals surface area contributed by atoms with Crippen molar-refractivity contribution in [1.29, 1.82) is 0 Å². The quantitative estimate of drug-likeness (QED) is 0.652. The van der Waals surface area contributed by atoms with Crippen molar-refractivity contribution >= 4 is 17.7 Å². The molecule has 1 aromatic heterocycles. The number of aromatic nitrogens is 3. The third kappa shape index (κ3) is 4.84. The van der Waals surface area contributed by atoms with Crippen LogP contribution in [0.2, 0.25) is 0 Å². The van der Waals surface area contributed by atoms with E-state index in [-0.39, 0.29) is 5.91 Å². The van der Waals surface area contributed by atoms with Crippen molar-refractivity contribution in [3.8, 4) is 5.69 Å². The van der Waals surface area contributed by atoms with E-state index >= 15 is 0 Å². The first-order valence-electron chi connectivity index (χ1n) is 9.05. The first kappa shape index (κ1) is 18.0. The van der Waals surface area contributed by atoms with E-state index in [1.54, 1.807) is 0 Å². The maximum Gasteiger partial charge on any atom is 0.230 e. The van der Waals surface area contributed by atoms with Crippen LogP contribution < -0.4 is 5.32 Å². The normalized spacial score (nSPS) is 15.8. The summed E-state index contributed by atoms with van der Waals surface area (Å²) in [6.07, 6.45) is 7.24. The molecule has 1 heterocycles. The highest BCUT2D eigenvalue weighted by Crippen LogP contribution is 2.22. The summed E-state index contributed by atoms with van der Waals surface area (Å²) >= 11 is 1.45. The SMILES string of the molecule is Cc1ccc(-n2c(C)nnc2SCC(=O)NC2CCCCCC2)cc1. The van der Waals surface area contributed by atoms with Gasteiger partial charge in [-0.3, -0.25) is 9.36 Å². The summed E-state index contributed by atoms with van der Waals surface area (Å²) in [5, 5.41) is 12.4. The van der Waals surface area contributed by atoms with Gasteiger partial charge in [-0.1, -0.05) is 55.1 Å². The van der Waals surface area contributed by atoms with Crippen LogP contribution in [0.4, 0.5) is 0 Å². The lowest BCUT2D eigenvalue weighted by Crippen LogP contribution is -2.35. The zero-order chi connectivity index (χ0) is 17.6. The predicted octanol–water partition coefficient (Wildman–Crippen LogP) is 3.82. The van der Waals surface area contributed by atoms with Gasteiger partial charge in [0.2, 0.25) is 5.91 Å². The van der Waals surface area contributed by atoms with E-state index in [4.69, 9.17) is 0 Å². The molecule has 0 unspecified atom stereocenters. The van der Waals surface area contributed by atoms with E-state index in [9.17, 15) is 4.79 Å². The molecule has 1 aromatic carbocycles. The molecule has 0 spiro atoms. The van der Waals surface area contributed by atoms with Crippen LogP contribution in [0.15, 0.2) is 29.4 Å². The number of amides is 1. The monoisotopic (exact) mass is 358 g/mol. The Balaban J connectivity index is 1.61. The van der Waals surface area contributed by atoms with Crippen molar-refractivity contribution in [2.75, 3.05) is 5.75 Å². The van der Waals surface area contributed by atoms with Gasteiger partial charge in [-0.15, -0.1) is 10.2 Å². The summed E-state index contributed by atoms with van der Waals surface area (Å²) in [6.45, 7) is 4.00. The first-order chi connectivity index (χ1) is 12.1. The molecule has 0 radical (unpaired) electrons. The van der Waals surface area contributed by atoms with Gasteiger partial charge in [0.05, 0.1) is 5.75 Å². The molecule has 1 fully saturated rings. The second-order valence-corrected chi connectivity index (χ2v) is 7.69. The molecule has 134 valence electrons. The molecular formula is C19H26N4OS. The number of aryl methyl sites for hydroxylation is 2. The molecule has 0 atom stereocenters. The second kappa shape index (κ2) is 8.52. The molecule has 5 nitrogen and oxygen atoms in total. The predicted molar refractivity (Wildman–Crippen MR) is 101 cm³/mol. The Labute approximate surface area is 153 Å². The summed E-state index contributed by atoms with van der Waals surface area (Å²) in [7, 11) is 0. The van der Waals surface area contributed by atoms with Crippen molar-refractivity contribution in [1.82, 2.24) is 20.1 Å². The van der Waals surface area contributed by atoms with Crippen LogP contribution in [0.25, 0.3) is 5.69 Å². The van der Waals surface area contributed by atoms with Crippen LogP contribution in [0.3, 0.4) is 0 Å². The molecule has 0 aliphatic heterocycles. The standard InChI is InChI=1S/C19H26N4OS/c1-14-9-11-17(12-10-14)23-15(2)21-22-19(23)25-13-18(24)20-16-7-5-3-4-6-8-16/h9-12,16H,3-8,13H2,1-2H3,(H,20,24). The first-order valence-corrected chi connectivity index (χ1v) is 10.0. The van der Waals surface area contributed by atoms with Crippen molar-refractivity contribution in [3.63, 3.8) is 0 Å². The Morgan fingerprint density at radius 2 is 1.80 bits per heavy atom. The van der Waals surface area contributed by atoms with E-state index in [1.165, 1.54) is 43.0 Å². The largest absolute Gasteiger partial charge is 0.353 e. The molecule has 2 aromatic rings. The number of hydrogen-bond donors (Lipinski definition) is 1. The highest BCUT2D eigenvalue weighted by atomic mass is 32.2. The molecular weight excluding hydrogens is 332 g/mol. The van der Waals surface area contributed by atoms with Crippen LogP contribution in [-0.4, -0.2) is 32.5 Å². The molecule has 1 aliphatic rings. The van der Waals surface area contributed by atoms with E-state index in [0.717, 1.165) is 29.5 Å². The molecule has 0 saturated heterocycles. The van der Waals surface area contributed by atoms with E-state index in [1.807, 2.05) is 11.5 Å². The van der Waals surface area contributed by atoms with E-state index in [0.29, 0.717) is 11.8 Å². The van der Waals surface area contributed by atoms with Crippen molar-refractivity contribution in [2.24, 2.45) is 0 Å². The number of thioether (sulfide) groups is 1. The zero-order valence-corrected chi connectivity index (χ0v) is 15.8. The lowest BCUT2D eigenvalue weighted by molar-refractivity contribution is -0.119. The molecule has 3 rings (SSSR count). The topological polar surface area (TPSA) is 59.8 Å². The number of hydrogen-bond acceptors (Lipinski definition) is 4. The lowest BCUT2D eigenvalue weighted by atomic mass is 10.1. The Kier molecular flexibility index (Phi) is 6.13. The molecule has 1 N–H and O–H groups in total. The van der Waals surface area contributed by atoms with Crippen molar-refractivity contribution in [2.45, 2.75) is 63.6 Å². The third-order valence-corrected chi connectivity index (χ3v) is 5.57. The van der Waals surface area contributed by atoms with Gasteiger partial charge >= 0.3 is 0 Å². The van der Waals surface area contributed by atoms with Crippen molar-refractivity contribution < 1.29 is 4.79 Å². The summed E-state index contributed by atoms with van der Waals surface area (Å²) in [5.41, 5.74) is 2.24. The van der Waals surface area contributed by atoms with Gasteiger partial charge in [-0.25, -0.2) is 0 Å². The fourth-order valence-electron chi connectivity index (χ4n) is 3.25. The van der Waals surface area contributed by atoms with Gasteiger partial charge in [0.25, 0.3) is 0 Å². The molecule has 6 heteroatoms. The number of benzene rings is 1. The zero-order valence-electron chi connectivity index (χ0n) is 15.0. The van der Waals surface area contributed by atoms with Crippen LogP contribution in [-0.2, 0) is 4.79 Å². The summed E-state index contributed by atoms with van der Waals surface area (Å²) in [6, 6.07) is 8.60. The minimum absolute atomic E-state index is 0.0907. The maximum atomic E-state index is 12.3. The minimum Gasteiger partial charge on any atom is -0.353 e. The van der Waals surface area contributed by atoms with Gasteiger partial charge in [0, 0.05) is 11.7 Å². The number of rotatable bonds is 5. The average molecular weight is 359 g/mol. The fraction of sp³-hybridized carbons (Fsp3) is 0.526. The Morgan fingerprint density at radius 3 is 2.48 bits per heavy atom. The lowest BCUT2D eigenvalue weighted by Gasteiger charge is -2.16. The molecule has 25 heavy (non-hydrogen) atoms. The average Bonchev–Trinajstić information content (AvgIpc) is 2.80. The fourth-order valence-corrected chi connectivity index (χ4v) is 4.06. The Morgan fingerprint density at radius 1 is 1.12 bits per heavy atom. The highest BCUT2D eigenvalue weighted by Gasteiger charge is 2.17. The second-order valence-electron chi connectivity index (χ2n) is 6.75. The maximum absolute atomic E-state index is 12.3. The van der Waals surface area contributed by atoms with Crippen LogP contribution >= 0.6 is 11.8 Å². The molecule has 1 aliphatic carbocycles. The number of nitrogens with zero attached hydrogens (tertiary/aromatic N) is 3. The van der Waals surface area contributed by atoms with Crippen molar-refractivity contribution in [3.05, 3.63) is 35.7 Å². The number of nitrogens with one attached hydrogen (secondary N) is 1. The summed E-state index contributed by atoms with van der Waals surface area (Å²) in [4.78, 5) is 12.3. The third-order valence-electron chi connectivity index (χ3n) is 4.64. The van der Waals surface area contributed by atoms with E-state index < -0.39 is 0 Å². The van der Waals surface area contributed by atoms with Crippen LogP contribution in [0.1, 0.15) is 49.9 Å².